The van der Waals surface area contributed by atoms with Gasteiger partial charge >= 0.3 is 0 Å². The molecule has 1 N–H and O–H groups in total. The highest BCUT2D eigenvalue weighted by Crippen LogP contribution is 2.38. The summed E-state index contributed by atoms with van der Waals surface area (Å²) in [6.45, 7) is 6.91. The normalized spacial score (nSPS) is 23.4. The summed E-state index contributed by atoms with van der Waals surface area (Å²) < 4.78 is 1.17. The Bertz CT molecular complexity index is 398. The molecule has 0 spiro atoms. The molecule has 2 heteroatoms. The van der Waals surface area contributed by atoms with Crippen LogP contribution in [0.15, 0.2) is 22.7 Å². The summed E-state index contributed by atoms with van der Waals surface area (Å²) in [4.78, 5) is 0. The molecular formula is C15H22BrN. The van der Waals surface area contributed by atoms with Gasteiger partial charge in [0.15, 0.2) is 0 Å². The number of nitrogens with one attached hydrogen (secondary N) is 1. The monoisotopic (exact) mass is 295 g/mol. The van der Waals surface area contributed by atoms with Crippen molar-refractivity contribution in [1.29, 1.82) is 0 Å². The lowest BCUT2D eigenvalue weighted by Crippen LogP contribution is -2.39. The molecule has 1 aliphatic rings. The molecule has 1 aromatic rings. The van der Waals surface area contributed by atoms with E-state index >= 15 is 0 Å². The SMILES string of the molecule is Cc1ccc(Br)c(NC2CCCCC2(C)C)c1. The van der Waals surface area contributed by atoms with Crippen molar-refractivity contribution >= 4 is 21.6 Å². The van der Waals surface area contributed by atoms with Crippen molar-refractivity contribution in [2.75, 3.05) is 5.32 Å². The lowest BCUT2D eigenvalue weighted by molar-refractivity contribution is 0.217. The fourth-order valence-electron chi connectivity index (χ4n) is 2.70. The summed E-state index contributed by atoms with van der Waals surface area (Å²) in [5.41, 5.74) is 2.95. The van der Waals surface area contributed by atoms with E-state index in [0.29, 0.717) is 11.5 Å². The van der Waals surface area contributed by atoms with Gasteiger partial charge in [0.05, 0.1) is 0 Å². The maximum atomic E-state index is 3.73. The van der Waals surface area contributed by atoms with E-state index in [-0.39, 0.29) is 0 Å². The predicted octanol–water partition coefficient (Wildman–Crippen LogP) is 5.14. The molecule has 0 aliphatic heterocycles. The highest BCUT2D eigenvalue weighted by Gasteiger charge is 2.32. The minimum atomic E-state index is 0.404. The molecule has 1 aliphatic carbocycles. The van der Waals surface area contributed by atoms with E-state index in [4.69, 9.17) is 0 Å². The van der Waals surface area contributed by atoms with E-state index in [0.717, 1.165) is 0 Å². The topological polar surface area (TPSA) is 12.0 Å². The Morgan fingerprint density at radius 2 is 2.06 bits per heavy atom. The molecular weight excluding hydrogens is 274 g/mol. The summed E-state index contributed by atoms with van der Waals surface area (Å²) in [6, 6.07) is 7.10. The highest BCUT2D eigenvalue weighted by atomic mass is 79.9. The van der Waals surface area contributed by atoms with Crippen LogP contribution in [0.5, 0.6) is 0 Å². The van der Waals surface area contributed by atoms with Crippen LogP contribution < -0.4 is 5.32 Å². The van der Waals surface area contributed by atoms with Crippen LogP contribution in [-0.2, 0) is 0 Å². The third-order valence-electron chi connectivity index (χ3n) is 3.96. The molecule has 0 saturated heterocycles. The fourth-order valence-corrected chi connectivity index (χ4v) is 3.06. The molecule has 2 rings (SSSR count). The summed E-state index contributed by atoms with van der Waals surface area (Å²) in [7, 11) is 0. The average Bonchev–Trinajstić information content (AvgIpc) is 2.26. The van der Waals surface area contributed by atoms with Crippen molar-refractivity contribution in [1.82, 2.24) is 0 Å². The van der Waals surface area contributed by atoms with Gasteiger partial charge in [-0.1, -0.05) is 32.8 Å². The summed E-state index contributed by atoms with van der Waals surface area (Å²) in [6.07, 6.45) is 5.34. The quantitative estimate of drug-likeness (QED) is 0.797. The molecule has 1 unspecified atom stereocenters. The number of aryl methyl sites for hydroxylation is 1. The van der Waals surface area contributed by atoms with Gasteiger partial charge in [-0.25, -0.2) is 0 Å². The van der Waals surface area contributed by atoms with Crippen LogP contribution in [0.2, 0.25) is 0 Å². The molecule has 17 heavy (non-hydrogen) atoms. The lowest BCUT2D eigenvalue weighted by Gasteiger charge is -2.39. The zero-order valence-corrected chi connectivity index (χ0v) is 12.6. The van der Waals surface area contributed by atoms with E-state index in [1.165, 1.54) is 41.4 Å². The summed E-state index contributed by atoms with van der Waals surface area (Å²) in [5, 5.41) is 3.73. The molecule has 0 heterocycles. The average molecular weight is 296 g/mol. The van der Waals surface area contributed by atoms with Crippen LogP contribution in [0.3, 0.4) is 0 Å². The first-order chi connectivity index (χ1) is 7.99. The third-order valence-corrected chi connectivity index (χ3v) is 4.65. The Kier molecular flexibility index (Phi) is 3.82. The molecule has 0 radical (unpaired) electrons. The van der Waals surface area contributed by atoms with E-state index in [1.807, 2.05) is 0 Å². The maximum Gasteiger partial charge on any atom is 0.0489 e. The van der Waals surface area contributed by atoms with Gasteiger partial charge < -0.3 is 5.32 Å². The van der Waals surface area contributed by atoms with Crippen LogP contribution in [0.4, 0.5) is 5.69 Å². The predicted molar refractivity (Wildman–Crippen MR) is 78.5 cm³/mol. The van der Waals surface area contributed by atoms with Crippen molar-refractivity contribution in [3.05, 3.63) is 28.2 Å². The van der Waals surface area contributed by atoms with Crippen molar-refractivity contribution in [2.45, 2.75) is 52.5 Å². The Morgan fingerprint density at radius 3 is 2.76 bits per heavy atom. The maximum absolute atomic E-state index is 3.73. The lowest BCUT2D eigenvalue weighted by atomic mass is 9.73. The van der Waals surface area contributed by atoms with Gasteiger partial charge in [-0.2, -0.15) is 0 Å². The van der Waals surface area contributed by atoms with Gasteiger partial charge in [0.1, 0.15) is 0 Å². The van der Waals surface area contributed by atoms with Crippen LogP contribution in [0, 0.1) is 12.3 Å². The first-order valence-corrected chi connectivity index (χ1v) is 7.31. The Hall–Kier alpha value is -0.500. The summed E-state index contributed by atoms with van der Waals surface area (Å²) in [5.74, 6) is 0. The van der Waals surface area contributed by atoms with E-state index in [9.17, 15) is 0 Å². The standard InChI is InChI=1S/C15H22BrN/c1-11-7-8-12(16)13(10-11)17-14-6-4-5-9-15(14,2)3/h7-8,10,14,17H,4-6,9H2,1-3H3. The highest BCUT2D eigenvalue weighted by molar-refractivity contribution is 9.10. The van der Waals surface area contributed by atoms with Crippen LogP contribution in [-0.4, -0.2) is 6.04 Å². The number of halogens is 1. The molecule has 0 bridgehead atoms. The molecule has 1 saturated carbocycles. The van der Waals surface area contributed by atoms with Crippen molar-refractivity contribution in [2.24, 2.45) is 5.41 Å². The first-order valence-electron chi connectivity index (χ1n) is 6.52. The van der Waals surface area contributed by atoms with Gasteiger partial charge in [0.25, 0.3) is 0 Å². The number of rotatable bonds is 2. The number of anilines is 1. The Labute approximate surface area is 113 Å². The summed E-state index contributed by atoms with van der Waals surface area (Å²) >= 11 is 3.63. The smallest absolute Gasteiger partial charge is 0.0489 e. The molecule has 0 aromatic heterocycles. The molecule has 1 aromatic carbocycles. The Morgan fingerprint density at radius 1 is 1.29 bits per heavy atom. The fraction of sp³-hybridized carbons (Fsp3) is 0.600. The van der Waals surface area contributed by atoms with Crippen molar-refractivity contribution in [3.8, 4) is 0 Å². The largest absolute Gasteiger partial charge is 0.381 e. The van der Waals surface area contributed by atoms with Gasteiger partial charge in [0.2, 0.25) is 0 Å². The van der Waals surface area contributed by atoms with Gasteiger partial charge in [-0.05, 0) is 58.8 Å². The van der Waals surface area contributed by atoms with Gasteiger partial charge in [-0.15, -0.1) is 0 Å². The van der Waals surface area contributed by atoms with E-state index in [1.54, 1.807) is 0 Å². The molecule has 1 fully saturated rings. The van der Waals surface area contributed by atoms with Crippen molar-refractivity contribution in [3.63, 3.8) is 0 Å². The second-order valence-electron chi connectivity index (χ2n) is 5.91. The van der Waals surface area contributed by atoms with Crippen LogP contribution in [0.25, 0.3) is 0 Å². The van der Waals surface area contributed by atoms with Gasteiger partial charge in [-0.3, -0.25) is 0 Å². The molecule has 1 atom stereocenters. The zero-order valence-electron chi connectivity index (χ0n) is 11.0. The molecule has 94 valence electrons. The van der Waals surface area contributed by atoms with Gasteiger partial charge in [0, 0.05) is 16.2 Å². The molecule has 1 nitrogen and oxygen atoms in total. The second kappa shape index (κ2) is 5.01. The number of benzene rings is 1. The third kappa shape index (κ3) is 3.04. The first kappa shape index (κ1) is 12.9. The Balaban J connectivity index is 2.16. The van der Waals surface area contributed by atoms with Crippen LogP contribution in [0.1, 0.15) is 45.1 Å². The van der Waals surface area contributed by atoms with Crippen LogP contribution >= 0.6 is 15.9 Å². The number of hydrogen-bond acceptors (Lipinski definition) is 1. The van der Waals surface area contributed by atoms with E-state index in [2.05, 4.69) is 60.2 Å². The minimum absolute atomic E-state index is 0.404. The second-order valence-corrected chi connectivity index (χ2v) is 6.77. The zero-order chi connectivity index (χ0) is 12.5. The number of hydrogen-bond donors (Lipinski definition) is 1. The molecule has 0 amide bonds. The van der Waals surface area contributed by atoms with E-state index < -0.39 is 0 Å². The minimum Gasteiger partial charge on any atom is -0.381 e. The van der Waals surface area contributed by atoms with Crippen molar-refractivity contribution < 1.29 is 0 Å².